The Hall–Kier alpha value is -0.610. The lowest BCUT2D eigenvalue weighted by Gasteiger charge is -1.99. The summed E-state index contributed by atoms with van der Waals surface area (Å²) < 4.78 is 12.7. The lowest BCUT2D eigenvalue weighted by molar-refractivity contribution is 0.428. The van der Waals surface area contributed by atoms with Crippen LogP contribution in [-0.4, -0.2) is 5.11 Å². The SMILES string of the molecule is Br.NCc1cccc(O)c1F. The van der Waals surface area contributed by atoms with Crippen LogP contribution in [-0.2, 0) is 6.54 Å². The standard InChI is InChI=1S/C7H8FNO.BrH/c8-7-5(4-9)2-1-3-6(7)10;/h1-3,10H,4,9H2;1H. The first-order valence-corrected chi connectivity index (χ1v) is 2.92. The van der Waals surface area contributed by atoms with E-state index in [2.05, 4.69) is 0 Å². The number of nitrogens with two attached hydrogens (primary N) is 1. The van der Waals surface area contributed by atoms with Crippen LogP contribution in [0.15, 0.2) is 18.2 Å². The third kappa shape index (κ3) is 2.17. The third-order valence-corrected chi connectivity index (χ3v) is 1.28. The van der Waals surface area contributed by atoms with Crippen LogP contribution in [0.3, 0.4) is 0 Å². The third-order valence-electron chi connectivity index (χ3n) is 1.28. The molecule has 0 unspecified atom stereocenters. The minimum Gasteiger partial charge on any atom is -0.505 e. The van der Waals surface area contributed by atoms with Crippen LogP contribution in [0.5, 0.6) is 5.75 Å². The predicted molar refractivity (Wildman–Crippen MR) is 46.3 cm³/mol. The zero-order chi connectivity index (χ0) is 7.56. The van der Waals surface area contributed by atoms with Gasteiger partial charge in [0, 0.05) is 12.1 Å². The number of hydrogen-bond acceptors (Lipinski definition) is 2. The largest absolute Gasteiger partial charge is 0.505 e. The van der Waals surface area contributed by atoms with Crippen molar-refractivity contribution in [1.82, 2.24) is 0 Å². The molecule has 0 spiro atoms. The topological polar surface area (TPSA) is 46.2 Å². The molecule has 1 rings (SSSR count). The van der Waals surface area contributed by atoms with Crippen LogP contribution < -0.4 is 5.73 Å². The number of halogens is 2. The quantitative estimate of drug-likeness (QED) is 0.757. The molecular formula is C7H9BrFNO. The van der Waals surface area contributed by atoms with Gasteiger partial charge in [0.2, 0.25) is 0 Å². The summed E-state index contributed by atoms with van der Waals surface area (Å²) in [5, 5.41) is 8.80. The number of hydrogen-bond donors (Lipinski definition) is 2. The van der Waals surface area contributed by atoms with E-state index >= 15 is 0 Å². The summed E-state index contributed by atoms with van der Waals surface area (Å²) >= 11 is 0. The second-order valence-electron chi connectivity index (χ2n) is 1.95. The van der Waals surface area contributed by atoms with E-state index < -0.39 is 5.82 Å². The maximum Gasteiger partial charge on any atom is 0.169 e. The van der Waals surface area contributed by atoms with Gasteiger partial charge in [0.15, 0.2) is 11.6 Å². The van der Waals surface area contributed by atoms with Crippen LogP contribution in [0, 0.1) is 5.82 Å². The molecule has 0 saturated carbocycles. The van der Waals surface area contributed by atoms with E-state index in [-0.39, 0.29) is 29.3 Å². The van der Waals surface area contributed by atoms with Crippen molar-refractivity contribution in [3.8, 4) is 5.75 Å². The Balaban J connectivity index is 0.000001000. The van der Waals surface area contributed by atoms with Gasteiger partial charge in [-0.05, 0) is 6.07 Å². The molecule has 0 aliphatic carbocycles. The zero-order valence-electron chi connectivity index (χ0n) is 5.75. The highest BCUT2D eigenvalue weighted by atomic mass is 79.9. The van der Waals surface area contributed by atoms with Crippen LogP contribution in [0.1, 0.15) is 5.56 Å². The number of aromatic hydroxyl groups is 1. The van der Waals surface area contributed by atoms with Gasteiger partial charge in [0.25, 0.3) is 0 Å². The van der Waals surface area contributed by atoms with Gasteiger partial charge in [-0.3, -0.25) is 0 Å². The highest BCUT2D eigenvalue weighted by Gasteiger charge is 2.02. The van der Waals surface area contributed by atoms with Crippen molar-refractivity contribution in [2.75, 3.05) is 0 Å². The van der Waals surface area contributed by atoms with Crippen molar-refractivity contribution in [2.45, 2.75) is 6.54 Å². The number of phenolic OH excluding ortho intramolecular Hbond substituents is 1. The average molecular weight is 222 g/mol. The molecule has 0 saturated heterocycles. The van der Waals surface area contributed by atoms with Crippen molar-refractivity contribution < 1.29 is 9.50 Å². The molecular weight excluding hydrogens is 213 g/mol. The minimum atomic E-state index is -0.620. The molecule has 0 fully saturated rings. The van der Waals surface area contributed by atoms with Gasteiger partial charge in [-0.1, -0.05) is 12.1 Å². The number of benzene rings is 1. The molecule has 0 heterocycles. The first-order valence-electron chi connectivity index (χ1n) is 2.92. The molecule has 0 aliphatic heterocycles. The summed E-state index contributed by atoms with van der Waals surface area (Å²) in [5.41, 5.74) is 5.50. The molecule has 0 radical (unpaired) electrons. The van der Waals surface area contributed by atoms with E-state index in [1.807, 2.05) is 0 Å². The first kappa shape index (κ1) is 10.4. The molecule has 4 heteroatoms. The molecule has 11 heavy (non-hydrogen) atoms. The normalized spacial score (nSPS) is 8.91. The van der Waals surface area contributed by atoms with Crippen molar-refractivity contribution in [1.29, 1.82) is 0 Å². The maximum absolute atomic E-state index is 12.7. The second-order valence-corrected chi connectivity index (χ2v) is 1.95. The van der Waals surface area contributed by atoms with E-state index in [1.54, 1.807) is 6.07 Å². The van der Waals surface area contributed by atoms with Gasteiger partial charge in [-0.15, -0.1) is 17.0 Å². The van der Waals surface area contributed by atoms with Gasteiger partial charge in [-0.25, -0.2) is 4.39 Å². The molecule has 0 atom stereocenters. The van der Waals surface area contributed by atoms with Gasteiger partial charge in [0.05, 0.1) is 0 Å². The van der Waals surface area contributed by atoms with Crippen LogP contribution >= 0.6 is 17.0 Å². The van der Waals surface area contributed by atoms with E-state index in [4.69, 9.17) is 10.8 Å². The zero-order valence-corrected chi connectivity index (χ0v) is 7.46. The smallest absolute Gasteiger partial charge is 0.169 e. The van der Waals surface area contributed by atoms with Crippen LogP contribution in [0.2, 0.25) is 0 Å². The number of phenols is 1. The lowest BCUT2D eigenvalue weighted by atomic mass is 10.2. The van der Waals surface area contributed by atoms with Crippen molar-refractivity contribution in [2.24, 2.45) is 5.73 Å². The second kappa shape index (κ2) is 4.31. The Morgan fingerprint density at radius 2 is 2.09 bits per heavy atom. The van der Waals surface area contributed by atoms with Crippen molar-refractivity contribution in [3.05, 3.63) is 29.6 Å². The summed E-state index contributed by atoms with van der Waals surface area (Å²) in [6.07, 6.45) is 0. The Labute approximate surface area is 74.6 Å². The predicted octanol–water partition coefficient (Wildman–Crippen LogP) is 1.57. The van der Waals surface area contributed by atoms with Crippen molar-refractivity contribution in [3.63, 3.8) is 0 Å². The summed E-state index contributed by atoms with van der Waals surface area (Å²) in [6, 6.07) is 4.38. The fourth-order valence-electron chi connectivity index (χ4n) is 0.724. The fraction of sp³-hybridized carbons (Fsp3) is 0.143. The summed E-state index contributed by atoms with van der Waals surface area (Å²) in [6.45, 7) is 0.111. The highest BCUT2D eigenvalue weighted by Crippen LogP contribution is 2.17. The van der Waals surface area contributed by atoms with Crippen LogP contribution in [0.25, 0.3) is 0 Å². The molecule has 3 N–H and O–H groups in total. The summed E-state index contributed by atoms with van der Waals surface area (Å²) in [5.74, 6) is -0.965. The van der Waals surface area contributed by atoms with Crippen LogP contribution in [0.4, 0.5) is 4.39 Å². The minimum absolute atomic E-state index is 0. The Bertz CT molecular complexity index is 242. The summed E-state index contributed by atoms with van der Waals surface area (Å²) in [4.78, 5) is 0. The molecule has 0 bridgehead atoms. The van der Waals surface area contributed by atoms with Gasteiger partial charge in [-0.2, -0.15) is 0 Å². The van der Waals surface area contributed by atoms with E-state index in [0.29, 0.717) is 5.56 Å². The summed E-state index contributed by atoms with van der Waals surface area (Å²) in [7, 11) is 0. The Morgan fingerprint density at radius 1 is 1.45 bits per heavy atom. The Kier molecular flexibility index (Phi) is 4.07. The first-order chi connectivity index (χ1) is 4.75. The molecule has 1 aromatic rings. The van der Waals surface area contributed by atoms with Crippen molar-refractivity contribution >= 4 is 17.0 Å². The molecule has 0 amide bonds. The molecule has 0 aromatic heterocycles. The van der Waals surface area contributed by atoms with Gasteiger partial charge in [0.1, 0.15) is 0 Å². The van der Waals surface area contributed by atoms with E-state index in [1.165, 1.54) is 12.1 Å². The molecule has 1 aromatic carbocycles. The molecule has 0 aliphatic rings. The van der Waals surface area contributed by atoms with Gasteiger partial charge < -0.3 is 10.8 Å². The average Bonchev–Trinajstić information content (AvgIpc) is 1.95. The Morgan fingerprint density at radius 3 is 2.55 bits per heavy atom. The molecule has 2 nitrogen and oxygen atoms in total. The number of rotatable bonds is 1. The van der Waals surface area contributed by atoms with Gasteiger partial charge >= 0.3 is 0 Å². The molecule has 62 valence electrons. The lowest BCUT2D eigenvalue weighted by Crippen LogP contribution is -1.98. The highest BCUT2D eigenvalue weighted by molar-refractivity contribution is 8.93. The van der Waals surface area contributed by atoms with E-state index in [0.717, 1.165) is 0 Å². The maximum atomic E-state index is 12.7. The fourth-order valence-corrected chi connectivity index (χ4v) is 0.724. The van der Waals surface area contributed by atoms with E-state index in [9.17, 15) is 4.39 Å². The monoisotopic (exact) mass is 221 g/mol.